The molecule has 0 spiro atoms. The van der Waals surface area contributed by atoms with E-state index in [4.69, 9.17) is 19.9 Å². The van der Waals surface area contributed by atoms with Crippen molar-refractivity contribution >= 4 is 11.7 Å². The minimum atomic E-state index is -0.556. The first-order valence-corrected chi connectivity index (χ1v) is 9.12. The largest absolute Gasteiger partial charge is 0.489 e. The predicted octanol–water partition coefficient (Wildman–Crippen LogP) is 3.57. The number of amides is 2. The lowest BCUT2D eigenvalue weighted by molar-refractivity contribution is -0.0950. The molecule has 2 N–H and O–H groups in total. The highest BCUT2D eigenvalue weighted by Crippen LogP contribution is 2.37. The zero-order valence-electron chi connectivity index (χ0n) is 16.1. The summed E-state index contributed by atoms with van der Waals surface area (Å²) in [4.78, 5) is 12.6. The van der Waals surface area contributed by atoms with Crippen molar-refractivity contribution in [2.45, 2.75) is 25.0 Å². The molecule has 0 radical (unpaired) electrons. The topological polar surface area (TPSA) is 74.0 Å². The van der Waals surface area contributed by atoms with Gasteiger partial charge in [0.1, 0.15) is 18.2 Å². The molecule has 2 aromatic carbocycles. The van der Waals surface area contributed by atoms with Gasteiger partial charge in [-0.15, -0.1) is 0 Å². The second-order valence-electron chi connectivity index (χ2n) is 6.84. The normalized spacial score (nSPS) is 15.8. The summed E-state index contributed by atoms with van der Waals surface area (Å²) in [7, 11) is 3.24. The van der Waals surface area contributed by atoms with E-state index in [1.807, 2.05) is 18.2 Å². The first-order valence-electron chi connectivity index (χ1n) is 9.12. The molecule has 6 nitrogen and oxygen atoms in total. The Kier molecular flexibility index (Phi) is 6.16. The Morgan fingerprint density at radius 1 is 1.21 bits per heavy atom. The Hall–Kier alpha value is -2.64. The Bertz CT molecular complexity index is 820. The van der Waals surface area contributed by atoms with Crippen molar-refractivity contribution < 1.29 is 23.4 Å². The van der Waals surface area contributed by atoms with Crippen LogP contribution in [0.25, 0.3) is 0 Å². The molecule has 3 rings (SSSR count). The van der Waals surface area contributed by atoms with Gasteiger partial charge in [0.2, 0.25) is 0 Å². The Labute approximate surface area is 164 Å². The molecule has 1 fully saturated rings. The quantitative estimate of drug-likeness (QED) is 0.821. The third kappa shape index (κ3) is 4.43. The molecule has 0 saturated carbocycles. The molecule has 0 aromatic heterocycles. The zero-order chi connectivity index (χ0) is 20.1. The average Bonchev–Trinajstić information content (AvgIpc) is 2.72. The summed E-state index contributed by atoms with van der Waals surface area (Å²) >= 11 is 0. The van der Waals surface area contributed by atoms with E-state index >= 15 is 0 Å². The molecule has 1 aliphatic rings. The maximum absolute atomic E-state index is 14.2. The molecular formula is C21H25FN2O4. The van der Waals surface area contributed by atoms with Gasteiger partial charge in [0.05, 0.1) is 5.60 Å². The van der Waals surface area contributed by atoms with Gasteiger partial charge in [-0.3, -0.25) is 4.90 Å². The van der Waals surface area contributed by atoms with Crippen LogP contribution in [0.3, 0.4) is 0 Å². The summed E-state index contributed by atoms with van der Waals surface area (Å²) < 4.78 is 31.2. The minimum absolute atomic E-state index is 0.270. The number of hydrogen-bond acceptors (Lipinski definition) is 4. The number of methoxy groups -OCH3 is 1. The van der Waals surface area contributed by atoms with E-state index in [-0.39, 0.29) is 12.4 Å². The van der Waals surface area contributed by atoms with E-state index < -0.39 is 11.6 Å². The number of nitrogens with zero attached hydrogens (tertiary/aromatic N) is 1. The van der Waals surface area contributed by atoms with Crippen LogP contribution in [0.5, 0.6) is 5.75 Å². The Morgan fingerprint density at radius 3 is 2.50 bits per heavy atom. The van der Waals surface area contributed by atoms with Crippen molar-refractivity contribution in [2.75, 3.05) is 32.3 Å². The lowest BCUT2D eigenvalue weighted by atomic mass is 9.86. The lowest BCUT2D eigenvalue weighted by Crippen LogP contribution is -2.35. The molecule has 28 heavy (non-hydrogen) atoms. The number of rotatable bonds is 6. The van der Waals surface area contributed by atoms with Crippen LogP contribution in [0.15, 0.2) is 42.5 Å². The number of primary amides is 1. The van der Waals surface area contributed by atoms with Gasteiger partial charge in [-0.1, -0.05) is 12.1 Å². The van der Waals surface area contributed by atoms with Crippen LogP contribution in [0.2, 0.25) is 0 Å². The highest BCUT2D eigenvalue weighted by atomic mass is 19.1. The molecule has 1 aliphatic heterocycles. The van der Waals surface area contributed by atoms with Gasteiger partial charge in [-0.2, -0.15) is 0 Å². The second-order valence-corrected chi connectivity index (χ2v) is 6.84. The van der Waals surface area contributed by atoms with Crippen molar-refractivity contribution in [1.82, 2.24) is 0 Å². The molecular weight excluding hydrogens is 363 g/mol. The fourth-order valence-electron chi connectivity index (χ4n) is 3.33. The first-order chi connectivity index (χ1) is 13.4. The molecule has 2 aromatic rings. The van der Waals surface area contributed by atoms with Crippen LogP contribution < -0.4 is 15.4 Å². The summed E-state index contributed by atoms with van der Waals surface area (Å²) in [6, 6.07) is 11.4. The molecule has 0 unspecified atom stereocenters. The fourth-order valence-corrected chi connectivity index (χ4v) is 3.33. The molecule has 0 aliphatic carbocycles. The standard InChI is InChI=1S/C21H25FN2O4/c1-24(20(23)25)18-5-3-15(4-6-18)14-28-19-12-16(11-17(22)13-19)21(26-2)7-9-27-10-8-21/h3-6,11-13H,7-10,14H2,1-2H3,(H2,23,25). The summed E-state index contributed by atoms with van der Waals surface area (Å²) in [5.74, 6) is 0.0742. The number of halogens is 1. The Morgan fingerprint density at radius 2 is 1.89 bits per heavy atom. The summed E-state index contributed by atoms with van der Waals surface area (Å²) in [5, 5.41) is 0. The fraction of sp³-hybridized carbons (Fsp3) is 0.381. The van der Waals surface area contributed by atoms with Crippen LogP contribution in [-0.2, 0) is 21.7 Å². The third-order valence-corrected chi connectivity index (χ3v) is 5.15. The molecule has 150 valence electrons. The molecule has 7 heteroatoms. The molecule has 0 bridgehead atoms. The van der Waals surface area contributed by atoms with Gasteiger partial charge in [0.25, 0.3) is 0 Å². The predicted molar refractivity (Wildman–Crippen MR) is 104 cm³/mol. The number of carbonyl (C=O) groups is 1. The third-order valence-electron chi connectivity index (χ3n) is 5.15. The average molecular weight is 388 g/mol. The monoisotopic (exact) mass is 388 g/mol. The van der Waals surface area contributed by atoms with E-state index in [0.717, 1.165) is 11.1 Å². The van der Waals surface area contributed by atoms with Gasteiger partial charge < -0.3 is 19.9 Å². The number of anilines is 1. The SMILES string of the molecule is COC1(c2cc(F)cc(OCc3ccc(N(C)C(N)=O)cc3)c2)CCOCC1. The highest BCUT2D eigenvalue weighted by Gasteiger charge is 2.35. The number of ether oxygens (including phenoxy) is 3. The van der Waals surface area contributed by atoms with Crippen molar-refractivity contribution in [2.24, 2.45) is 5.73 Å². The van der Waals surface area contributed by atoms with E-state index in [0.29, 0.717) is 37.5 Å². The van der Waals surface area contributed by atoms with Crippen LogP contribution in [0.1, 0.15) is 24.0 Å². The second kappa shape index (κ2) is 8.58. The highest BCUT2D eigenvalue weighted by molar-refractivity contribution is 5.89. The molecule has 1 heterocycles. The maximum Gasteiger partial charge on any atom is 0.318 e. The van der Waals surface area contributed by atoms with Gasteiger partial charge in [-0.25, -0.2) is 9.18 Å². The van der Waals surface area contributed by atoms with Gasteiger partial charge >= 0.3 is 6.03 Å². The number of hydrogen-bond donors (Lipinski definition) is 1. The van der Waals surface area contributed by atoms with E-state index in [2.05, 4.69) is 0 Å². The number of urea groups is 1. The van der Waals surface area contributed by atoms with Gasteiger partial charge in [0.15, 0.2) is 0 Å². The summed E-state index contributed by atoms with van der Waals surface area (Å²) in [5.41, 5.74) is 7.04. The van der Waals surface area contributed by atoms with Crippen molar-refractivity contribution in [1.29, 1.82) is 0 Å². The summed E-state index contributed by atoms with van der Waals surface area (Å²) in [6.45, 7) is 1.42. The smallest absolute Gasteiger partial charge is 0.318 e. The minimum Gasteiger partial charge on any atom is -0.489 e. The number of nitrogens with two attached hydrogens (primary N) is 1. The van der Waals surface area contributed by atoms with Crippen molar-refractivity contribution in [3.8, 4) is 5.75 Å². The van der Waals surface area contributed by atoms with Crippen molar-refractivity contribution in [3.63, 3.8) is 0 Å². The van der Waals surface area contributed by atoms with Crippen LogP contribution in [-0.4, -0.2) is 33.4 Å². The lowest BCUT2D eigenvalue weighted by Gasteiger charge is -2.36. The summed E-state index contributed by atoms with van der Waals surface area (Å²) in [6.07, 6.45) is 1.34. The maximum atomic E-state index is 14.2. The number of carbonyl (C=O) groups excluding carboxylic acids is 1. The first kappa shape index (κ1) is 20.1. The van der Waals surface area contributed by atoms with Gasteiger partial charge in [0, 0.05) is 52.0 Å². The van der Waals surface area contributed by atoms with E-state index in [1.165, 1.54) is 17.0 Å². The Balaban J connectivity index is 1.73. The van der Waals surface area contributed by atoms with Crippen LogP contribution in [0, 0.1) is 5.82 Å². The molecule has 1 saturated heterocycles. The van der Waals surface area contributed by atoms with Gasteiger partial charge in [-0.05, 0) is 35.4 Å². The molecule has 0 atom stereocenters. The van der Waals surface area contributed by atoms with Crippen LogP contribution in [0.4, 0.5) is 14.9 Å². The van der Waals surface area contributed by atoms with E-state index in [9.17, 15) is 9.18 Å². The van der Waals surface area contributed by atoms with E-state index in [1.54, 1.807) is 26.3 Å². The number of benzene rings is 2. The zero-order valence-corrected chi connectivity index (χ0v) is 16.1. The van der Waals surface area contributed by atoms with Crippen LogP contribution >= 0.6 is 0 Å². The van der Waals surface area contributed by atoms with Crippen molar-refractivity contribution in [3.05, 3.63) is 59.4 Å². The molecule has 2 amide bonds.